The van der Waals surface area contributed by atoms with Crippen LogP contribution in [-0.4, -0.2) is 17.6 Å². The van der Waals surface area contributed by atoms with Crippen molar-refractivity contribution in [3.63, 3.8) is 0 Å². The number of aryl methyl sites for hydroxylation is 1. The van der Waals surface area contributed by atoms with Crippen LogP contribution in [0.2, 0.25) is 0 Å². The fraction of sp³-hybridized carbons (Fsp3) is 0.158. The van der Waals surface area contributed by atoms with Crippen LogP contribution in [0.1, 0.15) is 11.3 Å². The highest BCUT2D eigenvalue weighted by molar-refractivity contribution is 7.13. The molecule has 2 N–H and O–H groups in total. The molecule has 0 atom stereocenters. The molecule has 3 aromatic rings. The van der Waals surface area contributed by atoms with Gasteiger partial charge in [-0.1, -0.05) is 42.0 Å². The van der Waals surface area contributed by atoms with Gasteiger partial charge in [0.1, 0.15) is 10.8 Å². The highest BCUT2D eigenvalue weighted by Crippen LogP contribution is 2.24. The molecular weight excluding hydrogens is 337 g/mol. The first-order valence-electron chi connectivity index (χ1n) is 7.92. The fourth-order valence-electron chi connectivity index (χ4n) is 2.28. The summed E-state index contributed by atoms with van der Waals surface area (Å²) < 4.78 is 13.5. The van der Waals surface area contributed by atoms with Crippen LogP contribution in [0.25, 0.3) is 10.6 Å². The second-order valence-corrected chi connectivity index (χ2v) is 6.48. The number of halogens is 1. The van der Waals surface area contributed by atoms with Crippen molar-refractivity contribution in [3.8, 4) is 10.6 Å². The van der Waals surface area contributed by atoms with E-state index in [-0.39, 0.29) is 5.69 Å². The monoisotopic (exact) mass is 355 g/mol. The number of urea groups is 1. The van der Waals surface area contributed by atoms with Gasteiger partial charge in [0.15, 0.2) is 0 Å². The Morgan fingerprint density at radius 3 is 2.68 bits per heavy atom. The molecule has 128 valence electrons. The zero-order valence-corrected chi connectivity index (χ0v) is 14.6. The molecule has 0 aliphatic carbocycles. The summed E-state index contributed by atoms with van der Waals surface area (Å²) in [5, 5.41) is 8.16. The van der Waals surface area contributed by atoms with Gasteiger partial charge in [0.05, 0.1) is 11.4 Å². The van der Waals surface area contributed by atoms with Gasteiger partial charge in [-0.05, 0) is 19.1 Å². The van der Waals surface area contributed by atoms with E-state index in [1.165, 1.54) is 17.7 Å². The Labute approximate surface area is 149 Å². The van der Waals surface area contributed by atoms with E-state index in [0.717, 1.165) is 16.3 Å². The second kappa shape index (κ2) is 7.90. The van der Waals surface area contributed by atoms with Gasteiger partial charge >= 0.3 is 6.03 Å². The Balaban J connectivity index is 1.50. The number of thiazole rings is 1. The molecule has 2 amide bonds. The van der Waals surface area contributed by atoms with Gasteiger partial charge in [0, 0.05) is 23.9 Å². The van der Waals surface area contributed by atoms with E-state index in [9.17, 15) is 9.18 Å². The highest BCUT2D eigenvalue weighted by Gasteiger charge is 2.07. The minimum atomic E-state index is -0.458. The number of hydrogen-bond acceptors (Lipinski definition) is 3. The summed E-state index contributed by atoms with van der Waals surface area (Å²) >= 11 is 1.58. The highest BCUT2D eigenvalue weighted by atomic mass is 32.1. The largest absolute Gasteiger partial charge is 0.337 e. The predicted molar refractivity (Wildman–Crippen MR) is 99.4 cm³/mol. The molecule has 1 heterocycles. The molecule has 0 aliphatic heterocycles. The average Bonchev–Trinajstić information content (AvgIpc) is 3.06. The first kappa shape index (κ1) is 17.1. The van der Waals surface area contributed by atoms with E-state index in [1.54, 1.807) is 23.5 Å². The van der Waals surface area contributed by atoms with Crippen molar-refractivity contribution >= 4 is 23.1 Å². The van der Waals surface area contributed by atoms with Gasteiger partial charge in [-0.3, -0.25) is 0 Å². The van der Waals surface area contributed by atoms with Crippen molar-refractivity contribution < 1.29 is 9.18 Å². The summed E-state index contributed by atoms with van der Waals surface area (Å²) in [5.41, 5.74) is 3.39. The van der Waals surface area contributed by atoms with Gasteiger partial charge in [0.25, 0.3) is 0 Å². The average molecular weight is 355 g/mol. The van der Waals surface area contributed by atoms with Crippen molar-refractivity contribution in [1.82, 2.24) is 10.3 Å². The SMILES string of the molecule is Cc1ccc(-c2nc(CCNC(=O)Nc3ccccc3F)cs2)cc1. The smallest absolute Gasteiger partial charge is 0.319 e. The molecule has 0 spiro atoms. The van der Waals surface area contributed by atoms with Crippen LogP contribution in [-0.2, 0) is 6.42 Å². The molecule has 2 aromatic carbocycles. The van der Waals surface area contributed by atoms with Crippen LogP contribution < -0.4 is 10.6 Å². The summed E-state index contributed by atoms with van der Waals surface area (Å²) in [4.78, 5) is 16.4. The third-order valence-corrected chi connectivity index (χ3v) is 4.58. The standard InChI is InChI=1S/C19H18FN3OS/c1-13-6-8-14(9-7-13)18-22-15(12-25-18)10-11-21-19(24)23-17-5-3-2-4-16(17)20/h2-9,12H,10-11H2,1H3,(H2,21,23,24). The van der Waals surface area contributed by atoms with Gasteiger partial charge in [-0.2, -0.15) is 0 Å². The number of rotatable bonds is 5. The third-order valence-electron chi connectivity index (χ3n) is 3.64. The van der Waals surface area contributed by atoms with E-state index in [1.807, 2.05) is 5.38 Å². The Kier molecular flexibility index (Phi) is 5.40. The summed E-state index contributed by atoms with van der Waals surface area (Å²) in [6.45, 7) is 2.48. The van der Waals surface area contributed by atoms with Crippen LogP contribution in [0.3, 0.4) is 0 Å². The van der Waals surface area contributed by atoms with E-state index in [2.05, 4.69) is 46.8 Å². The van der Waals surface area contributed by atoms with Crippen LogP contribution in [0, 0.1) is 12.7 Å². The number of nitrogens with zero attached hydrogens (tertiary/aromatic N) is 1. The number of nitrogens with one attached hydrogen (secondary N) is 2. The molecule has 0 bridgehead atoms. The van der Waals surface area contributed by atoms with Gasteiger partial charge in [-0.15, -0.1) is 11.3 Å². The molecule has 0 fully saturated rings. The maximum absolute atomic E-state index is 13.5. The summed E-state index contributed by atoms with van der Waals surface area (Å²) in [5.74, 6) is -0.458. The summed E-state index contributed by atoms with van der Waals surface area (Å²) in [7, 11) is 0. The Morgan fingerprint density at radius 2 is 1.92 bits per heavy atom. The maximum atomic E-state index is 13.5. The Morgan fingerprint density at radius 1 is 1.16 bits per heavy atom. The summed E-state index contributed by atoms with van der Waals surface area (Å²) in [6.07, 6.45) is 0.618. The molecule has 0 saturated carbocycles. The number of hydrogen-bond donors (Lipinski definition) is 2. The van der Waals surface area contributed by atoms with Crippen LogP contribution in [0.4, 0.5) is 14.9 Å². The van der Waals surface area contributed by atoms with Crippen molar-refractivity contribution in [2.24, 2.45) is 0 Å². The molecule has 25 heavy (non-hydrogen) atoms. The number of benzene rings is 2. The zero-order valence-electron chi connectivity index (χ0n) is 13.8. The minimum Gasteiger partial charge on any atom is -0.337 e. The van der Waals surface area contributed by atoms with E-state index in [4.69, 9.17) is 0 Å². The number of aromatic nitrogens is 1. The normalized spacial score (nSPS) is 10.5. The van der Waals surface area contributed by atoms with Crippen molar-refractivity contribution in [1.29, 1.82) is 0 Å². The lowest BCUT2D eigenvalue weighted by atomic mass is 10.2. The predicted octanol–water partition coefficient (Wildman–Crippen LogP) is 4.62. The van der Waals surface area contributed by atoms with Crippen LogP contribution in [0.15, 0.2) is 53.9 Å². The third kappa shape index (κ3) is 4.64. The molecule has 0 saturated heterocycles. The number of carbonyl (C=O) groups excluding carboxylic acids is 1. The van der Waals surface area contributed by atoms with Gasteiger partial charge < -0.3 is 10.6 Å². The maximum Gasteiger partial charge on any atom is 0.319 e. The van der Waals surface area contributed by atoms with E-state index >= 15 is 0 Å². The molecule has 1 aromatic heterocycles. The molecule has 0 unspecified atom stereocenters. The van der Waals surface area contributed by atoms with Gasteiger partial charge in [-0.25, -0.2) is 14.2 Å². The number of carbonyl (C=O) groups is 1. The van der Waals surface area contributed by atoms with Crippen LogP contribution >= 0.6 is 11.3 Å². The number of amides is 2. The molecule has 3 rings (SSSR count). The van der Waals surface area contributed by atoms with Gasteiger partial charge in [0.2, 0.25) is 0 Å². The lowest BCUT2D eigenvalue weighted by Crippen LogP contribution is -2.30. The topological polar surface area (TPSA) is 54.0 Å². The lowest BCUT2D eigenvalue weighted by molar-refractivity contribution is 0.252. The van der Waals surface area contributed by atoms with E-state index in [0.29, 0.717) is 13.0 Å². The first-order valence-corrected chi connectivity index (χ1v) is 8.80. The fourth-order valence-corrected chi connectivity index (χ4v) is 3.14. The molecule has 0 aliphatic rings. The number of anilines is 1. The quantitative estimate of drug-likeness (QED) is 0.701. The van der Waals surface area contributed by atoms with Crippen molar-refractivity contribution in [2.75, 3.05) is 11.9 Å². The lowest BCUT2D eigenvalue weighted by Gasteiger charge is -2.07. The minimum absolute atomic E-state index is 0.162. The second-order valence-electron chi connectivity index (χ2n) is 5.62. The van der Waals surface area contributed by atoms with Crippen LogP contribution in [0.5, 0.6) is 0 Å². The summed E-state index contributed by atoms with van der Waals surface area (Å²) in [6, 6.07) is 13.9. The molecule has 4 nitrogen and oxygen atoms in total. The molecule has 0 radical (unpaired) electrons. The molecular formula is C19H18FN3OS. The number of para-hydroxylation sites is 1. The van der Waals surface area contributed by atoms with Crippen molar-refractivity contribution in [3.05, 3.63) is 71.0 Å². The Bertz CT molecular complexity index is 861. The first-order chi connectivity index (χ1) is 12.1. The zero-order chi connectivity index (χ0) is 17.6. The van der Waals surface area contributed by atoms with E-state index < -0.39 is 11.8 Å². The Hall–Kier alpha value is -2.73. The van der Waals surface area contributed by atoms with Crippen molar-refractivity contribution in [2.45, 2.75) is 13.3 Å². The molecule has 6 heteroatoms.